The molecule has 5 heteroatoms. The van der Waals surface area contributed by atoms with Crippen LogP contribution in [-0.4, -0.2) is 36.3 Å². The molecular weight excluding hydrogens is 256 g/mol. The SMILES string of the molecule is COc1ccc2nc(C(=O)NCC(C)CO)ccc2c1. The largest absolute Gasteiger partial charge is 0.497 e. The molecule has 5 nitrogen and oxygen atoms in total. The van der Waals surface area contributed by atoms with Crippen LogP contribution in [0.25, 0.3) is 10.9 Å². The molecule has 2 aromatic rings. The standard InChI is InChI=1S/C15H18N2O3/c1-10(9-18)8-16-15(19)14-5-3-11-7-12(20-2)4-6-13(11)17-14/h3-7,10,18H,8-9H2,1-2H3,(H,16,19). The summed E-state index contributed by atoms with van der Waals surface area (Å²) in [6.07, 6.45) is 0. The highest BCUT2D eigenvalue weighted by Gasteiger charge is 2.09. The Morgan fingerprint density at radius 3 is 2.90 bits per heavy atom. The predicted molar refractivity (Wildman–Crippen MR) is 76.9 cm³/mol. The molecule has 1 atom stereocenters. The van der Waals surface area contributed by atoms with Gasteiger partial charge in [-0.25, -0.2) is 4.98 Å². The maximum absolute atomic E-state index is 12.0. The molecule has 0 bridgehead atoms. The Hall–Kier alpha value is -2.14. The molecule has 2 rings (SSSR count). The van der Waals surface area contributed by atoms with E-state index in [-0.39, 0.29) is 18.4 Å². The van der Waals surface area contributed by atoms with Gasteiger partial charge in [-0.05, 0) is 30.2 Å². The van der Waals surface area contributed by atoms with Gasteiger partial charge in [0.15, 0.2) is 0 Å². The Labute approximate surface area is 117 Å². The van der Waals surface area contributed by atoms with E-state index in [2.05, 4.69) is 10.3 Å². The Kier molecular flexibility index (Phi) is 4.53. The van der Waals surface area contributed by atoms with Gasteiger partial charge in [0.1, 0.15) is 11.4 Å². The maximum Gasteiger partial charge on any atom is 0.269 e. The summed E-state index contributed by atoms with van der Waals surface area (Å²) in [4.78, 5) is 16.3. The molecule has 0 radical (unpaired) electrons. The van der Waals surface area contributed by atoms with Crippen LogP contribution < -0.4 is 10.1 Å². The van der Waals surface area contributed by atoms with Crippen molar-refractivity contribution < 1.29 is 14.6 Å². The number of hydrogen-bond acceptors (Lipinski definition) is 4. The van der Waals surface area contributed by atoms with Crippen molar-refractivity contribution in [3.05, 3.63) is 36.0 Å². The lowest BCUT2D eigenvalue weighted by molar-refractivity contribution is 0.0937. The third kappa shape index (κ3) is 3.24. The summed E-state index contributed by atoms with van der Waals surface area (Å²) in [7, 11) is 1.61. The molecule has 1 aromatic carbocycles. The van der Waals surface area contributed by atoms with E-state index < -0.39 is 0 Å². The number of carbonyl (C=O) groups is 1. The number of benzene rings is 1. The Morgan fingerprint density at radius 2 is 2.20 bits per heavy atom. The number of pyridine rings is 1. The van der Waals surface area contributed by atoms with Gasteiger partial charge in [0, 0.05) is 18.5 Å². The second kappa shape index (κ2) is 6.34. The lowest BCUT2D eigenvalue weighted by Crippen LogP contribution is -2.30. The summed E-state index contributed by atoms with van der Waals surface area (Å²) in [6, 6.07) is 9.03. The van der Waals surface area contributed by atoms with Gasteiger partial charge < -0.3 is 15.2 Å². The molecule has 0 saturated heterocycles. The van der Waals surface area contributed by atoms with Gasteiger partial charge >= 0.3 is 0 Å². The molecule has 1 amide bonds. The molecule has 0 aliphatic rings. The second-order valence-electron chi connectivity index (χ2n) is 4.75. The highest BCUT2D eigenvalue weighted by molar-refractivity contribution is 5.95. The van der Waals surface area contributed by atoms with Crippen molar-refractivity contribution in [1.82, 2.24) is 10.3 Å². The molecule has 106 valence electrons. The number of ether oxygens (including phenoxy) is 1. The highest BCUT2D eigenvalue weighted by Crippen LogP contribution is 2.19. The molecule has 1 heterocycles. The number of nitrogens with zero attached hydrogens (tertiary/aromatic N) is 1. The average molecular weight is 274 g/mol. The van der Waals surface area contributed by atoms with Crippen molar-refractivity contribution in [1.29, 1.82) is 0 Å². The average Bonchev–Trinajstić information content (AvgIpc) is 2.50. The summed E-state index contributed by atoms with van der Waals surface area (Å²) in [5.74, 6) is 0.556. The summed E-state index contributed by atoms with van der Waals surface area (Å²) in [5.41, 5.74) is 1.11. The van der Waals surface area contributed by atoms with E-state index in [4.69, 9.17) is 9.84 Å². The number of methoxy groups -OCH3 is 1. The van der Waals surface area contributed by atoms with E-state index in [0.717, 1.165) is 16.7 Å². The zero-order chi connectivity index (χ0) is 14.5. The van der Waals surface area contributed by atoms with Crippen LogP contribution in [0.5, 0.6) is 5.75 Å². The van der Waals surface area contributed by atoms with Crippen molar-refractivity contribution in [2.45, 2.75) is 6.92 Å². The minimum Gasteiger partial charge on any atom is -0.497 e. The summed E-state index contributed by atoms with van der Waals surface area (Å²) < 4.78 is 5.15. The fourth-order valence-corrected chi connectivity index (χ4v) is 1.78. The molecule has 0 spiro atoms. The number of hydrogen-bond donors (Lipinski definition) is 2. The van der Waals surface area contributed by atoms with Gasteiger partial charge in [-0.15, -0.1) is 0 Å². The van der Waals surface area contributed by atoms with E-state index in [0.29, 0.717) is 12.2 Å². The fraction of sp³-hybridized carbons (Fsp3) is 0.333. The van der Waals surface area contributed by atoms with Crippen LogP contribution in [0, 0.1) is 5.92 Å². The van der Waals surface area contributed by atoms with E-state index in [1.165, 1.54) is 0 Å². The number of carbonyl (C=O) groups excluding carboxylic acids is 1. The number of nitrogens with one attached hydrogen (secondary N) is 1. The number of rotatable bonds is 5. The zero-order valence-electron chi connectivity index (χ0n) is 11.6. The fourth-order valence-electron chi connectivity index (χ4n) is 1.78. The van der Waals surface area contributed by atoms with E-state index in [1.54, 1.807) is 13.2 Å². The molecular formula is C15H18N2O3. The number of aliphatic hydroxyl groups excluding tert-OH is 1. The lowest BCUT2D eigenvalue weighted by atomic mass is 10.1. The molecule has 0 aliphatic heterocycles. The number of amides is 1. The topological polar surface area (TPSA) is 71.5 Å². The Morgan fingerprint density at radius 1 is 1.40 bits per heavy atom. The van der Waals surface area contributed by atoms with Gasteiger partial charge in [0.2, 0.25) is 0 Å². The zero-order valence-corrected chi connectivity index (χ0v) is 11.6. The minimum absolute atomic E-state index is 0.0312. The Balaban J connectivity index is 2.17. The summed E-state index contributed by atoms with van der Waals surface area (Å²) in [6.45, 7) is 2.34. The van der Waals surface area contributed by atoms with Crippen LogP contribution in [0.1, 0.15) is 17.4 Å². The number of aromatic nitrogens is 1. The van der Waals surface area contributed by atoms with Crippen LogP contribution in [0.2, 0.25) is 0 Å². The summed E-state index contributed by atoms with van der Waals surface area (Å²) in [5, 5.41) is 12.6. The molecule has 20 heavy (non-hydrogen) atoms. The summed E-state index contributed by atoms with van der Waals surface area (Å²) >= 11 is 0. The second-order valence-corrected chi connectivity index (χ2v) is 4.75. The van der Waals surface area contributed by atoms with Crippen molar-refractivity contribution in [3.63, 3.8) is 0 Å². The van der Waals surface area contributed by atoms with Crippen LogP contribution in [-0.2, 0) is 0 Å². The van der Waals surface area contributed by atoms with Crippen LogP contribution in [0.4, 0.5) is 0 Å². The first-order chi connectivity index (χ1) is 9.63. The van der Waals surface area contributed by atoms with Crippen LogP contribution >= 0.6 is 0 Å². The molecule has 0 fully saturated rings. The van der Waals surface area contributed by atoms with E-state index in [1.807, 2.05) is 31.2 Å². The molecule has 0 saturated carbocycles. The smallest absolute Gasteiger partial charge is 0.269 e. The van der Waals surface area contributed by atoms with Gasteiger partial charge in [-0.2, -0.15) is 0 Å². The van der Waals surface area contributed by atoms with Crippen molar-refractivity contribution in [3.8, 4) is 5.75 Å². The van der Waals surface area contributed by atoms with Gasteiger partial charge in [0.25, 0.3) is 5.91 Å². The first-order valence-electron chi connectivity index (χ1n) is 6.48. The third-order valence-electron chi connectivity index (χ3n) is 3.05. The molecule has 0 aliphatic carbocycles. The van der Waals surface area contributed by atoms with Crippen molar-refractivity contribution in [2.24, 2.45) is 5.92 Å². The first-order valence-corrected chi connectivity index (χ1v) is 6.48. The monoisotopic (exact) mass is 274 g/mol. The Bertz CT molecular complexity index is 613. The molecule has 2 N–H and O–H groups in total. The lowest BCUT2D eigenvalue weighted by Gasteiger charge is -2.09. The highest BCUT2D eigenvalue weighted by atomic mass is 16.5. The van der Waals surface area contributed by atoms with Crippen LogP contribution in [0.3, 0.4) is 0 Å². The number of aliphatic hydroxyl groups is 1. The van der Waals surface area contributed by atoms with Gasteiger partial charge in [-0.1, -0.05) is 13.0 Å². The van der Waals surface area contributed by atoms with Crippen LogP contribution in [0.15, 0.2) is 30.3 Å². The predicted octanol–water partition coefficient (Wildman–Crippen LogP) is 1.60. The minimum atomic E-state index is -0.233. The molecule has 1 aromatic heterocycles. The third-order valence-corrected chi connectivity index (χ3v) is 3.05. The van der Waals surface area contributed by atoms with Gasteiger partial charge in [0.05, 0.1) is 12.6 Å². The van der Waals surface area contributed by atoms with E-state index >= 15 is 0 Å². The van der Waals surface area contributed by atoms with E-state index in [9.17, 15) is 4.79 Å². The van der Waals surface area contributed by atoms with Crippen molar-refractivity contribution in [2.75, 3.05) is 20.3 Å². The van der Waals surface area contributed by atoms with Gasteiger partial charge in [-0.3, -0.25) is 4.79 Å². The molecule has 1 unspecified atom stereocenters. The van der Waals surface area contributed by atoms with Crippen molar-refractivity contribution >= 4 is 16.8 Å². The normalized spacial score (nSPS) is 12.2. The number of fused-ring (bicyclic) bond motifs is 1. The quantitative estimate of drug-likeness (QED) is 0.868. The first kappa shape index (κ1) is 14.3. The maximum atomic E-state index is 12.0.